The summed E-state index contributed by atoms with van der Waals surface area (Å²) in [6.07, 6.45) is 91.5. The molecule has 0 fully saturated rings. The lowest BCUT2D eigenvalue weighted by Gasteiger charge is -2.18. The third-order valence-electron chi connectivity index (χ3n) is 16.8. The Labute approximate surface area is 518 Å². The molecule has 0 aromatic heterocycles. The molecule has 0 bridgehead atoms. The van der Waals surface area contributed by atoms with Crippen LogP contribution in [0.4, 0.5) is 0 Å². The molecule has 0 N–H and O–H groups in total. The summed E-state index contributed by atoms with van der Waals surface area (Å²) in [4.78, 5) is 38.6. The van der Waals surface area contributed by atoms with Crippen LogP contribution in [-0.2, 0) is 28.6 Å². The molecule has 0 rings (SSSR count). The van der Waals surface area contributed by atoms with Gasteiger partial charge in [-0.3, -0.25) is 14.4 Å². The molecule has 0 aliphatic heterocycles. The highest BCUT2D eigenvalue weighted by molar-refractivity contribution is 5.71. The number of esters is 3. The van der Waals surface area contributed by atoms with Crippen LogP contribution in [0, 0.1) is 0 Å². The van der Waals surface area contributed by atoms with Crippen molar-refractivity contribution in [3.63, 3.8) is 0 Å². The van der Waals surface area contributed by atoms with Crippen LogP contribution in [0.1, 0.15) is 406 Å². The van der Waals surface area contributed by atoms with Crippen molar-refractivity contribution < 1.29 is 28.6 Å². The monoisotopic (exact) mass is 1160 g/mol. The maximum atomic E-state index is 13.0. The lowest BCUT2D eigenvalue weighted by molar-refractivity contribution is -0.167. The molecule has 0 radical (unpaired) electrons. The molecule has 486 valence electrons. The molecule has 0 amide bonds. The standard InChI is InChI=1S/C77H142O6/c1-4-7-10-13-16-19-22-25-28-31-34-37-38-39-41-43-46-49-52-55-58-61-64-67-70-76(79)82-73-74(72-81-75(78)69-66-63-60-57-54-51-48-45-42-36-33-30-27-24-21-18-15-12-9-6-3)83-77(80)71-68-65-62-59-56-53-50-47-44-40-35-32-29-26-23-20-17-14-11-8-5-2/h8,11,17,20,26,29,35,40,74H,4-7,9-10,12-16,18-19,21-25,27-28,30-34,36-39,41-73H2,1-3H3/b11-8-,20-17-,29-26-,40-35-. The Morgan fingerprint density at radius 2 is 0.470 bits per heavy atom. The van der Waals surface area contributed by atoms with Crippen LogP contribution in [0.15, 0.2) is 48.6 Å². The number of carbonyl (C=O) groups is 3. The molecule has 0 aromatic rings. The summed E-state index contributed by atoms with van der Waals surface area (Å²) in [7, 11) is 0. The number of hydrogen-bond donors (Lipinski definition) is 0. The van der Waals surface area contributed by atoms with Gasteiger partial charge in [-0.1, -0.05) is 378 Å². The molecule has 83 heavy (non-hydrogen) atoms. The molecule has 6 heteroatoms. The van der Waals surface area contributed by atoms with Gasteiger partial charge in [0.05, 0.1) is 0 Å². The first-order valence-electron chi connectivity index (χ1n) is 37.1. The van der Waals surface area contributed by atoms with Crippen LogP contribution in [-0.4, -0.2) is 37.2 Å². The highest BCUT2D eigenvalue weighted by Crippen LogP contribution is 2.19. The van der Waals surface area contributed by atoms with Crippen molar-refractivity contribution in [1.82, 2.24) is 0 Å². The van der Waals surface area contributed by atoms with Crippen LogP contribution in [0.2, 0.25) is 0 Å². The van der Waals surface area contributed by atoms with E-state index in [0.717, 1.165) is 89.9 Å². The number of hydrogen-bond acceptors (Lipinski definition) is 6. The van der Waals surface area contributed by atoms with Crippen LogP contribution in [0.5, 0.6) is 0 Å². The maximum absolute atomic E-state index is 13.0. The normalized spacial score (nSPS) is 12.3. The first-order valence-corrected chi connectivity index (χ1v) is 37.1. The van der Waals surface area contributed by atoms with Crippen LogP contribution in [0.25, 0.3) is 0 Å². The average molecular weight is 1160 g/mol. The molecule has 0 spiro atoms. The fraction of sp³-hybridized carbons (Fsp3) is 0.857. The second kappa shape index (κ2) is 71.8. The van der Waals surface area contributed by atoms with Crippen LogP contribution < -0.4 is 0 Å². The van der Waals surface area contributed by atoms with Crippen molar-refractivity contribution in [2.45, 2.75) is 412 Å². The molecule has 0 heterocycles. The predicted molar refractivity (Wildman–Crippen MR) is 362 cm³/mol. The van der Waals surface area contributed by atoms with Crippen molar-refractivity contribution in [3.8, 4) is 0 Å². The van der Waals surface area contributed by atoms with Crippen LogP contribution in [0.3, 0.4) is 0 Å². The molecule has 0 aliphatic carbocycles. The molecule has 0 saturated carbocycles. The van der Waals surface area contributed by atoms with Crippen molar-refractivity contribution in [2.24, 2.45) is 0 Å². The second-order valence-electron chi connectivity index (χ2n) is 25.2. The van der Waals surface area contributed by atoms with Gasteiger partial charge in [-0.15, -0.1) is 0 Å². The molecule has 0 saturated heterocycles. The summed E-state index contributed by atoms with van der Waals surface area (Å²) in [5.74, 6) is -0.845. The summed E-state index contributed by atoms with van der Waals surface area (Å²) < 4.78 is 17.0. The van der Waals surface area contributed by atoms with Gasteiger partial charge < -0.3 is 14.2 Å². The fourth-order valence-corrected chi connectivity index (χ4v) is 11.3. The largest absolute Gasteiger partial charge is 0.462 e. The summed E-state index contributed by atoms with van der Waals surface area (Å²) in [6, 6.07) is 0. The summed E-state index contributed by atoms with van der Waals surface area (Å²) in [6.45, 7) is 6.61. The number of carbonyl (C=O) groups excluding carboxylic acids is 3. The minimum absolute atomic E-state index is 0.0706. The van der Waals surface area contributed by atoms with E-state index in [-0.39, 0.29) is 31.1 Å². The first-order chi connectivity index (χ1) is 41.0. The quantitative estimate of drug-likeness (QED) is 0.0261. The highest BCUT2D eigenvalue weighted by atomic mass is 16.6. The molecular formula is C77H142O6. The van der Waals surface area contributed by atoms with E-state index < -0.39 is 6.10 Å². The minimum Gasteiger partial charge on any atom is -0.462 e. The van der Waals surface area contributed by atoms with E-state index in [1.165, 1.54) is 276 Å². The lowest BCUT2D eigenvalue weighted by Crippen LogP contribution is -2.30. The van der Waals surface area contributed by atoms with Crippen LogP contribution >= 0.6 is 0 Å². The summed E-state index contributed by atoms with van der Waals surface area (Å²) >= 11 is 0. The Hall–Kier alpha value is -2.63. The van der Waals surface area contributed by atoms with Gasteiger partial charge in [-0.05, 0) is 57.8 Å². The van der Waals surface area contributed by atoms with Gasteiger partial charge >= 0.3 is 17.9 Å². The third-order valence-corrected chi connectivity index (χ3v) is 16.8. The number of unbranched alkanes of at least 4 members (excludes halogenated alkanes) is 50. The van der Waals surface area contributed by atoms with Gasteiger partial charge in [-0.25, -0.2) is 0 Å². The van der Waals surface area contributed by atoms with E-state index in [2.05, 4.69) is 69.4 Å². The topological polar surface area (TPSA) is 78.9 Å². The zero-order valence-electron chi connectivity index (χ0n) is 56.0. The minimum atomic E-state index is -0.777. The van der Waals surface area contributed by atoms with Gasteiger partial charge in [0, 0.05) is 19.3 Å². The first kappa shape index (κ1) is 80.4. The van der Waals surface area contributed by atoms with E-state index in [0.29, 0.717) is 19.3 Å². The zero-order valence-corrected chi connectivity index (χ0v) is 56.0. The molecule has 0 aliphatic rings. The lowest BCUT2D eigenvalue weighted by atomic mass is 10.0. The second-order valence-corrected chi connectivity index (χ2v) is 25.2. The summed E-state index contributed by atoms with van der Waals surface area (Å²) in [5.41, 5.74) is 0. The van der Waals surface area contributed by atoms with Gasteiger partial charge in [0.15, 0.2) is 6.10 Å². The van der Waals surface area contributed by atoms with Crippen molar-refractivity contribution >= 4 is 17.9 Å². The van der Waals surface area contributed by atoms with Crippen molar-refractivity contribution in [1.29, 1.82) is 0 Å². The Morgan fingerprint density at radius 3 is 0.735 bits per heavy atom. The number of rotatable bonds is 69. The molecule has 6 nitrogen and oxygen atoms in total. The number of ether oxygens (including phenoxy) is 3. The maximum Gasteiger partial charge on any atom is 0.306 e. The van der Waals surface area contributed by atoms with Gasteiger partial charge in [0.1, 0.15) is 13.2 Å². The van der Waals surface area contributed by atoms with Crippen molar-refractivity contribution in [3.05, 3.63) is 48.6 Å². The predicted octanol–water partition coefficient (Wildman–Crippen LogP) is 25.7. The Kier molecular flexibility index (Phi) is 69.6. The van der Waals surface area contributed by atoms with E-state index in [4.69, 9.17) is 14.2 Å². The zero-order chi connectivity index (χ0) is 59.9. The Morgan fingerprint density at radius 1 is 0.253 bits per heavy atom. The van der Waals surface area contributed by atoms with Gasteiger partial charge in [-0.2, -0.15) is 0 Å². The van der Waals surface area contributed by atoms with Gasteiger partial charge in [0.25, 0.3) is 0 Å². The third kappa shape index (κ3) is 70.0. The molecule has 1 atom stereocenters. The molecule has 0 aromatic carbocycles. The average Bonchev–Trinajstić information content (AvgIpc) is 3.49. The van der Waals surface area contributed by atoms with Crippen molar-refractivity contribution in [2.75, 3.05) is 13.2 Å². The highest BCUT2D eigenvalue weighted by Gasteiger charge is 2.20. The van der Waals surface area contributed by atoms with E-state index >= 15 is 0 Å². The number of allylic oxidation sites excluding steroid dienone is 8. The summed E-state index contributed by atoms with van der Waals surface area (Å²) in [5, 5.41) is 0. The molecule has 1 unspecified atom stereocenters. The molecular weight excluding hydrogens is 1020 g/mol. The Balaban J connectivity index is 4.31. The van der Waals surface area contributed by atoms with E-state index in [9.17, 15) is 14.4 Å². The fourth-order valence-electron chi connectivity index (χ4n) is 11.3. The Bertz CT molecular complexity index is 1430. The van der Waals surface area contributed by atoms with Gasteiger partial charge in [0.2, 0.25) is 0 Å². The van der Waals surface area contributed by atoms with E-state index in [1.807, 2.05) is 0 Å². The van der Waals surface area contributed by atoms with E-state index in [1.54, 1.807) is 0 Å². The SMILES string of the molecule is CC/C=C\C/C=C\C/C=C\C/C=C\CCCCCCCCCCC(=O)OC(COC(=O)CCCCCCCCCCCCCCCCCCCCCC)COC(=O)CCCCCCCCCCCCCCCCCCCCCCCCCC. The smallest absolute Gasteiger partial charge is 0.306 e.